The minimum atomic E-state index is -0.113. The van der Waals surface area contributed by atoms with Gasteiger partial charge in [0.1, 0.15) is 5.60 Å². The summed E-state index contributed by atoms with van der Waals surface area (Å²) in [4.78, 5) is 12.1. The van der Waals surface area contributed by atoms with Crippen molar-refractivity contribution < 1.29 is 9.53 Å². The van der Waals surface area contributed by atoms with Gasteiger partial charge >= 0.3 is 5.97 Å². The van der Waals surface area contributed by atoms with Crippen molar-refractivity contribution in [2.24, 2.45) is 5.92 Å². The maximum absolute atomic E-state index is 12.1. The van der Waals surface area contributed by atoms with Crippen LogP contribution in [-0.2, 0) is 9.53 Å². The standard InChI is InChI=1S/C14H22O2/c1-2-14(10-6-7-11-14)16-13(15)12-8-4-3-5-9-12/h3-4,12H,2,5-11H2,1H3. The summed E-state index contributed by atoms with van der Waals surface area (Å²) in [6.07, 6.45) is 12.7. The van der Waals surface area contributed by atoms with E-state index in [9.17, 15) is 4.79 Å². The van der Waals surface area contributed by atoms with Crippen molar-refractivity contribution in [3.05, 3.63) is 12.2 Å². The molecular weight excluding hydrogens is 200 g/mol. The molecule has 16 heavy (non-hydrogen) atoms. The zero-order valence-electron chi connectivity index (χ0n) is 10.2. The van der Waals surface area contributed by atoms with Crippen LogP contribution in [0.25, 0.3) is 0 Å². The molecule has 0 aromatic carbocycles. The Balaban J connectivity index is 1.92. The fourth-order valence-electron chi connectivity index (χ4n) is 2.85. The highest BCUT2D eigenvalue weighted by Gasteiger charge is 2.37. The maximum Gasteiger partial charge on any atom is 0.309 e. The Hall–Kier alpha value is -0.790. The van der Waals surface area contributed by atoms with Gasteiger partial charge in [0.25, 0.3) is 0 Å². The number of rotatable bonds is 3. The van der Waals surface area contributed by atoms with E-state index in [1.807, 2.05) is 0 Å². The number of esters is 1. The number of allylic oxidation sites excluding steroid dienone is 2. The summed E-state index contributed by atoms with van der Waals surface area (Å²) in [6.45, 7) is 2.14. The first kappa shape index (κ1) is 11.7. The molecule has 1 fully saturated rings. The van der Waals surface area contributed by atoms with Gasteiger partial charge in [-0.15, -0.1) is 0 Å². The third kappa shape index (κ3) is 2.47. The highest BCUT2D eigenvalue weighted by molar-refractivity contribution is 5.73. The van der Waals surface area contributed by atoms with Gasteiger partial charge in [-0.2, -0.15) is 0 Å². The quantitative estimate of drug-likeness (QED) is 0.538. The van der Waals surface area contributed by atoms with Crippen molar-refractivity contribution in [2.75, 3.05) is 0 Å². The first-order chi connectivity index (χ1) is 7.76. The van der Waals surface area contributed by atoms with Gasteiger partial charge in [-0.1, -0.05) is 19.1 Å². The number of hydrogen-bond acceptors (Lipinski definition) is 2. The Morgan fingerprint density at radius 2 is 2.12 bits per heavy atom. The lowest BCUT2D eigenvalue weighted by molar-refractivity contribution is -0.165. The second kappa shape index (κ2) is 5.03. The molecule has 0 heterocycles. The third-order valence-corrected chi connectivity index (χ3v) is 4.08. The average molecular weight is 222 g/mol. The molecule has 0 N–H and O–H groups in total. The average Bonchev–Trinajstić information content (AvgIpc) is 2.79. The summed E-state index contributed by atoms with van der Waals surface area (Å²) in [7, 11) is 0. The van der Waals surface area contributed by atoms with Crippen molar-refractivity contribution in [3.8, 4) is 0 Å². The molecule has 0 amide bonds. The number of carbonyl (C=O) groups excluding carboxylic acids is 1. The van der Waals surface area contributed by atoms with Gasteiger partial charge in [0.2, 0.25) is 0 Å². The van der Waals surface area contributed by atoms with Crippen molar-refractivity contribution in [2.45, 2.75) is 63.9 Å². The second-order valence-corrected chi connectivity index (χ2v) is 5.15. The van der Waals surface area contributed by atoms with E-state index in [1.165, 1.54) is 12.8 Å². The van der Waals surface area contributed by atoms with E-state index in [0.717, 1.165) is 38.5 Å². The molecule has 0 bridgehead atoms. The lowest BCUT2D eigenvalue weighted by atomic mass is 9.93. The summed E-state index contributed by atoms with van der Waals surface area (Å²) >= 11 is 0. The van der Waals surface area contributed by atoms with Crippen LogP contribution in [0.15, 0.2) is 12.2 Å². The molecule has 90 valence electrons. The van der Waals surface area contributed by atoms with Crippen molar-refractivity contribution in [1.82, 2.24) is 0 Å². The molecule has 0 radical (unpaired) electrons. The summed E-state index contributed by atoms with van der Waals surface area (Å²) in [5.74, 6) is 0.169. The first-order valence-corrected chi connectivity index (χ1v) is 6.64. The Morgan fingerprint density at radius 1 is 1.38 bits per heavy atom. The predicted molar refractivity (Wildman–Crippen MR) is 64.1 cm³/mol. The number of carbonyl (C=O) groups is 1. The van der Waals surface area contributed by atoms with Crippen LogP contribution >= 0.6 is 0 Å². The summed E-state index contributed by atoms with van der Waals surface area (Å²) < 4.78 is 5.81. The fraction of sp³-hybridized carbons (Fsp3) is 0.786. The molecule has 1 atom stereocenters. The Labute approximate surface area is 98.1 Å². The van der Waals surface area contributed by atoms with E-state index >= 15 is 0 Å². The van der Waals surface area contributed by atoms with Crippen LogP contribution in [0.3, 0.4) is 0 Å². The van der Waals surface area contributed by atoms with Gasteiger partial charge in [0.05, 0.1) is 5.92 Å². The van der Waals surface area contributed by atoms with Gasteiger partial charge in [-0.25, -0.2) is 0 Å². The topological polar surface area (TPSA) is 26.3 Å². The van der Waals surface area contributed by atoms with E-state index in [4.69, 9.17) is 4.74 Å². The third-order valence-electron chi connectivity index (χ3n) is 4.08. The van der Waals surface area contributed by atoms with E-state index in [1.54, 1.807) is 0 Å². The smallest absolute Gasteiger partial charge is 0.309 e. The van der Waals surface area contributed by atoms with E-state index in [2.05, 4.69) is 19.1 Å². The van der Waals surface area contributed by atoms with Crippen LogP contribution in [0.2, 0.25) is 0 Å². The van der Waals surface area contributed by atoms with Crippen molar-refractivity contribution >= 4 is 5.97 Å². The van der Waals surface area contributed by atoms with Crippen molar-refractivity contribution in [3.63, 3.8) is 0 Å². The molecule has 0 saturated heterocycles. The summed E-state index contributed by atoms with van der Waals surface area (Å²) in [5, 5.41) is 0. The Morgan fingerprint density at radius 3 is 2.69 bits per heavy atom. The molecule has 2 aliphatic rings. The number of hydrogen-bond donors (Lipinski definition) is 0. The van der Waals surface area contributed by atoms with E-state index < -0.39 is 0 Å². The highest BCUT2D eigenvalue weighted by atomic mass is 16.6. The van der Waals surface area contributed by atoms with Gasteiger partial charge in [-0.05, 0) is 51.4 Å². The molecule has 2 nitrogen and oxygen atoms in total. The molecule has 1 unspecified atom stereocenters. The van der Waals surface area contributed by atoms with Crippen LogP contribution < -0.4 is 0 Å². The van der Waals surface area contributed by atoms with Crippen LogP contribution in [0, 0.1) is 5.92 Å². The molecule has 0 aliphatic heterocycles. The van der Waals surface area contributed by atoms with E-state index in [-0.39, 0.29) is 17.5 Å². The monoisotopic (exact) mass is 222 g/mol. The Bertz CT molecular complexity index is 274. The molecule has 0 aromatic rings. The van der Waals surface area contributed by atoms with Crippen LogP contribution in [0.5, 0.6) is 0 Å². The number of ether oxygens (including phenoxy) is 1. The normalized spacial score (nSPS) is 27.9. The molecule has 1 saturated carbocycles. The van der Waals surface area contributed by atoms with Gasteiger partial charge < -0.3 is 4.74 Å². The minimum Gasteiger partial charge on any atom is -0.459 e. The molecule has 0 spiro atoms. The van der Waals surface area contributed by atoms with Crippen LogP contribution in [-0.4, -0.2) is 11.6 Å². The maximum atomic E-state index is 12.1. The zero-order valence-corrected chi connectivity index (χ0v) is 10.2. The molecule has 2 aliphatic carbocycles. The summed E-state index contributed by atoms with van der Waals surface area (Å²) in [6, 6.07) is 0. The van der Waals surface area contributed by atoms with Gasteiger partial charge in [-0.3, -0.25) is 4.79 Å². The first-order valence-electron chi connectivity index (χ1n) is 6.64. The molecule has 0 aromatic heterocycles. The largest absolute Gasteiger partial charge is 0.459 e. The van der Waals surface area contributed by atoms with Crippen molar-refractivity contribution in [1.29, 1.82) is 0 Å². The predicted octanol–water partition coefficient (Wildman–Crippen LogP) is 3.61. The molecule has 2 heteroatoms. The summed E-state index contributed by atoms with van der Waals surface area (Å²) in [5.41, 5.74) is -0.113. The van der Waals surface area contributed by atoms with Gasteiger partial charge in [0.15, 0.2) is 0 Å². The Kier molecular flexibility index (Phi) is 3.67. The minimum absolute atomic E-state index is 0.0492. The lowest BCUT2D eigenvalue weighted by Crippen LogP contribution is -2.34. The van der Waals surface area contributed by atoms with Crippen LogP contribution in [0.1, 0.15) is 58.3 Å². The molecule has 2 rings (SSSR count). The SMILES string of the molecule is CCC1(OC(=O)C2CC=CCC2)CCCC1. The second-order valence-electron chi connectivity index (χ2n) is 5.15. The van der Waals surface area contributed by atoms with Gasteiger partial charge in [0, 0.05) is 0 Å². The highest BCUT2D eigenvalue weighted by Crippen LogP contribution is 2.37. The van der Waals surface area contributed by atoms with E-state index in [0.29, 0.717) is 0 Å². The van der Waals surface area contributed by atoms with Crippen LogP contribution in [0.4, 0.5) is 0 Å². The zero-order chi connectivity index (χ0) is 11.4. The molecular formula is C14H22O2. The lowest BCUT2D eigenvalue weighted by Gasteiger charge is -2.30. The fourth-order valence-corrected chi connectivity index (χ4v) is 2.85.